The van der Waals surface area contributed by atoms with Crippen molar-refractivity contribution in [1.82, 2.24) is 0 Å². The van der Waals surface area contributed by atoms with Crippen LogP contribution in [0.15, 0.2) is 18.2 Å². The van der Waals surface area contributed by atoms with E-state index in [1.807, 2.05) is 18.2 Å². The lowest BCUT2D eigenvalue weighted by molar-refractivity contribution is 0.168. The Labute approximate surface area is 76.2 Å². The van der Waals surface area contributed by atoms with Gasteiger partial charge in [0.25, 0.3) is 0 Å². The zero-order valence-electron chi connectivity index (χ0n) is 6.55. The Morgan fingerprint density at radius 3 is 3.08 bits per heavy atom. The molecule has 0 spiro atoms. The largest absolute Gasteiger partial charge is 0.388 e. The first-order valence-corrected chi connectivity index (χ1v) is 4.37. The highest BCUT2D eigenvalue weighted by Crippen LogP contribution is 2.34. The summed E-state index contributed by atoms with van der Waals surface area (Å²) in [6.45, 7) is 0.790. The molecule has 0 amide bonds. The Morgan fingerprint density at radius 2 is 2.33 bits per heavy atom. The first-order valence-electron chi connectivity index (χ1n) is 3.99. The van der Waals surface area contributed by atoms with Gasteiger partial charge in [-0.05, 0) is 12.5 Å². The molecule has 0 aliphatic carbocycles. The van der Waals surface area contributed by atoms with Gasteiger partial charge in [0.2, 0.25) is 0 Å². The van der Waals surface area contributed by atoms with Crippen molar-refractivity contribution >= 4 is 17.3 Å². The van der Waals surface area contributed by atoms with Gasteiger partial charge in [0, 0.05) is 12.1 Å². The third kappa shape index (κ3) is 1.17. The highest BCUT2D eigenvalue weighted by Gasteiger charge is 2.18. The van der Waals surface area contributed by atoms with E-state index in [4.69, 9.17) is 11.6 Å². The molecule has 0 saturated heterocycles. The van der Waals surface area contributed by atoms with Gasteiger partial charge in [-0.15, -0.1) is 0 Å². The Balaban J connectivity index is 2.52. The van der Waals surface area contributed by atoms with Crippen LogP contribution in [0.3, 0.4) is 0 Å². The van der Waals surface area contributed by atoms with Crippen LogP contribution in [-0.4, -0.2) is 11.7 Å². The topological polar surface area (TPSA) is 32.3 Å². The van der Waals surface area contributed by atoms with Crippen LogP contribution < -0.4 is 5.32 Å². The van der Waals surface area contributed by atoms with Crippen LogP contribution in [0.25, 0.3) is 0 Å². The van der Waals surface area contributed by atoms with Crippen LogP contribution >= 0.6 is 11.6 Å². The summed E-state index contributed by atoms with van der Waals surface area (Å²) in [5.41, 5.74) is 1.80. The molecule has 3 heteroatoms. The smallest absolute Gasteiger partial charge is 0.0827 e. The maximum Gasteiger partial charge on any atom is 0.0827 e. The molecule has 12 heavy (non-hydrogen) atoms. The molecule has 0 fully saturated rings. The summed E-state index contributed by atoms with van der Waals surface area (Å²) in [7, 11) is 0. The van der Waals surface area contributed by atoms with Crippen LogP contribution in [0.5, 0.6) is 0 Å². The van der Waals surface area contributed by atoms with Crippen molar-refractivity contribution in [2.75, 3.05) is 11.9 Å². The number of nitrogens with one attached hydrogen (secondary N) is 1. The molecule has 1 aliphatic heterocycles. The van der Waals surface area contributed by atoms with Crippen LogP contribution in [-0.2, 0) is 0 Å². The van der Waals surface area contributed by atoms with Gasteiger partial charge in [-0.25, -0.2) is 0 Å². The van der Waals surface area contributed by atoms with Gasteiger partial charge >= 0.3 is 0 Å². The quantitative estimate of drug-likeness (QED) is 0.646. The summed E-state index contributed by atoms with van der Waals surface area (Å²) in [6.07, 6.45) is 0.396. The van der Waals surface area contributed by atoms with Crippen molar-refractivity contribution in [2.24, 2.45) is 0 Å². The molecule has 2 nitrogen and oxygen atoms in total. The first kappa shape index (κ1) is 7.90. The van der Waals surface area contributed by atoms with Crippen molar-refractivity contribution in [1.29, 1.82) is 0 Å². The standard InChI is InChI=1S/C9H10ClNO/c10-7-3-1-2-6-8(12)4-5-11-9(6)7/h1-3,8,11-12H,4-5H2. The lowest BCUT2D eigenvalue weighted by atomic mass is 10.0. The zero-order valence-corrected chi connectivity index (χ0v) is 7.30. The number of hydrogen-bond donors (Lipinski definition) is 2. The molecule has 0 aromatic heterocycles. The normalized spacial score (nSPS) is 21.3. The lowest BCUT2D eigenvalue weighted by Crippen LogP contribution is -2.16. The highest BCUT2D eigenvalue weighted by molar-refractivity contribution is 6.33. The second-order valence-corrected chi connectivity index (χ2v) is 3.34. The average molecular weight is 184 g/mol. The number of anilines is 1. The number of halogens is 1. The Hall–Kier alpha value is -0.730. The zero-order chi connectivity index (χ0) is 8.55. The summed E-state index contributed by atoms with van der Waals surface area (Å²) in [5, 5.41) is 13.4. The Kier molecular flexibility index (Phi) is 1.95. The molecule has 0 bridgehead atoms. The average Bonchev–Trinajstić information content (AvgIpc) is 2.07. The van der Waals surface area contributed by atoms with Crippen molar-refractivity contribution in [3.05, 3.63) is 28.8 Å². The summed E-state index contributed by atoms with van der Waals surface area (Å²) in [5.74, 6) is 0. The van der Waals surface area contributed by atoms with E-state index >= 15 is 0 Å². The second kappa shape index (κ2) is 2.96. The molecule has 1 aromatic carbocycles. The molecular weight excluding hydrogens is 174 g/mol. The fraction of sp³-hybridized carbons (Fsp3) is 0.333. The van der Waals surface area contributed by atoms with Gasteiger partial charge in [0.15, 0.2) is 0 Å². The van der Waals surface area contributed by atoms with Crippen molar-refractivity contribution < 1.29 is 5.11 Å². The van der Waals surface area contributed by atoms with Crippen LogP contribution in [0.1, 0.15) is 18.1 Å². The number of para-hydroxylation sites is 1. The van der Waals surface area contributed by atoms with E-state index < -0.39 is 0 Å². The summed E-state index contributed by atoms with van der Waals surface area (Å²) in [4.78, 5) is 0. The summed E-state index contributed by atoms with van der Waals surface area (Å²) >= 11 is 5.93. The fourth-order valence-electron chi connectivity index (χ4n) is 1.49. The van der Waals surface area contributed by atoms with Gasteiger partial charge in [0.05, 0.1) is 16.8 Å². The van der Waals surface area contributed by atoms with E-state index in [1.54, 1.807) is 0 Å². The third-order valence-electron chi connectivity index (χ3n) is 2.12. The summed E-state index contributed by atoms with van der Waals surface area (Å²) in [6, 6.07) is 5.58. The van der Waals surface area contributed by atoms with E-state index in [0.717, 1.165) is 24.2 Å². The third-order valence-corrected chi connectivity index (χ3v) is 2.44. The molecule has 0 radical (unpaired) electrons. The molecule has 64 valence electrons. The van der Waals surface area contributed by atoms with Gasteiger partial charge in [-0.1, -0.05) is 23.7 Å². The highest BCUT2D eigenvalue weighted by atomic mass is 35.5. The van der Waals surface area contributed by atoms with E-state index in [0.29, 0.717) is 5.02 Å². The maximum absolute atomic E-state index is 9.59. The number of aliphatic hydroxyl groups excluding tert-OH is 1. The molecule has 1 heterocycles. The Bertz CT molecular complexity index is 301. The number of hydrogen-bond acceptors (Lipinski definition) is 2. The van der Waals surface area contributed by atoms with Crippen LogP contribution in [0.2, 0.25) is 5.02 Å². The number of fused-ring (bicyclic) bond motifs is 1. The molecule has 2 rings (SSSR count). The van der Waals surface area contributed by atoms with Gasteiger partial charge in [0.1, 0.15) is 0 Å². The van der Waals surface area contributed by atoms with Crippen LogP contribution in [0.4, 0.5) is 5.69 Å². The first-order chi connectivity index (χ1) is 5.79. The SMILES string of the molecule is OC1CCNc2c(Cl)cccc21. The Morgan fingerprint density at radius 1 is 1.50 bits per heavy atom. The van der Waals surface area contributed by atoms with Crippen molar-refractivity contribution in [2.45, 2.75) is 12.5 Å². The minimum absolute atomic E-state index is 0.361. The molecule has 1 aliphatic rings. The minimum Gasteiger partial charge on any atom is -0.388 e. The molecule has 1 aromatic rings. The molecule has 2 N–H and O–H groups in total. The van der Waals surface area contributed by atoms with Gasteiger partial charge < -0.3 is 10.4 Å². The monoisotopic (exact) mass is 183 g/mol. The van der Waals surface area contributed by atoms with Crippen molar-refractivity contribution in [3.63, 3.8) is 0 Å². The predicted molar refractivity (Wildman–Crippen MR) is 49.5 cm³/mol. The number of rotatable bonds is 0. The second-order valence-electron chi connectivity index (χ2n) is 2.94. The maximum atomic E-state index is 9.59. The predicted octanol–water partition coefficient (Wildman–Crippen LogP) is 2.19. The molecular formula is C9H10ClNO. The van der Waals surface area contributed by atoms with E-state index in [2.05, 4.69) is 5.32 Å². The van der Waals surface area contributed by atoms with Crippen molar-refractivity contribution in [3.8, 4) is 0 Å². The fourth-order valence-corrected chi connectivity index (χ4v) is 1.74. The lowest BCUT2D eigenvalue weighted by Gasteiger charge is -2.23. The van der Waals surface area contributed by atoms with Crippen LogP contribution in [0, 0.1) is 0 Å². The van der Waals surface area contributed by atoms with E-state index in [-0.39, 0.29) is 6.10 Å². The number of benzene rings is 1. The van der Waals surface area contributed by atoms with Gasteiger partial charge in [-0.2, -0.15) is 0 Å². The number of aliphatic hydroxyl groups is 1. The molecule has 1 atom stereocenters. The molecule has 0 saturated carbocycles. The summed E-state index contributed by atoms with van der Waals surface area (Å²) < 4.78 is 0. The van der Waals surface area contributed by atoms with E-state index in [9.17, 15) is 5.11 Å². The van der Waals surface area contributed by atoms with Gasteiger partial charge in [-0.3, -0.25) is 0 Å². The van der Waals surface area contributed by atoms with E-state index in [1.165, 1.54) is 0 Å². The minimum atomic E-state index is -0.361. The molecule has 1 unspecified atom stereocenters.